The highest BCUT2D eigenvalue weighted by Gasteiger charge is 2.28. The topological polar surface area (TPSA) is 55.6 Å². The van der Waals surface area contributed by atoms with Crippen LogP contribution in [0.25, 0.3) is 11.5 Å². The van der Waals surface area contributed by atoms with Crippen molar-refractivity contribution in [2.75, 3.05) is 19.7 Å². The quantitative estimate of drug-likeness (QED) is 0.501. The Labute approximate surface area is 175 Å². The summed E-state index contributed by atoms with van der Waals surface area (Å²) in [4.78, 5) is 20.7. The molecule has 1 aliphatic rings. The molecule has 1 aromatic carbocycles. The molecule has 5 nitrogen and oxygen atoms in total. The van der Waals surface area contributed by atoms with E-state index >= 15 is 0 Å². The third kappa shape index (κ3) is 4.60. The van der Waals surface area contributed by atoms with Gasteiger partial charge in [-0.2, -0.15) is 0 Å². The minimum absolute atomic E-state index is 0.0696. The lowest BCUT2D eigenvalue weighted by atomic mass is 9.93. The third-order valence-corrected chi connectivity index (χ3v) is 6.20. The first-order valence-corrected chi connectivity index (χ1v) is 11.0. The molecule has 0 unspecified atom stereocenters. The molecule has 29 heavy (non-hydrogen) atoms. The molecular weight excluding hydrogens is 384 g/mol. The van der Waals surface area contributed by atoms with Gasteiger partial charge in [0.2, 0.25) is 5.89 Å². The van der Waals surface area contributed by atoms with E-state index in [0.717, 1.165) is 53.6 Å². The summed E-state index contributed by atoms with van der Waals surface area (Å²) in [6.07, 6.45) is 1.99. The van der Waals surface area contributed by atoms with E-state index in [1.165, 1.54) is 11.3 Å². The van der Waals surface area contributed by atoms with Crippen molar-refractivity contribution in [3.8, 4) is 17.2 Å². The van der Waals surface area contributed by atoms with E-state index in [4.69, 9.17) is 14.1 Å². The summed E-state index contributed by atoms with van der Waals surface area (Å²) in [6.45, 7) is 7.05. The zero-order chi connectivity index (χ0) is 20.2. The van der Waals surface area contributed by atoms with Crippen LogP contribution in [-0.2, 0) is 6.54 Å². The molecule has 0 aliphatic carbocycles. The highest BCUT2D eigenvalue weighted by atomic mass is 32.1. The van der Waals surface area contributed by atoms with Gasteiger partial charge in [-0.15, -0.1) is 11.3 Å². The van der Waals surface area contributed by atoms with Gasteiger partial charge in [0.1, 0.15) is 11.5 Å². The average Bonchev–Trinajstić information content (AvgIpc) is 3.39. The van der Waals surface area contributed by atoms with Crippen LogP contribution in [0.15, 0.2) is 46.2 Å². The van der Waals surface area contributed by atoms with E-state index in [0.29, 0.717) is 19.0 Å². The Hall–Kier alpha value is -2.44. The summed E-state index contributed by atoms with van der Waals surface area (Å²) >= 11 is 1.53. The molecule has 4 rings (SSSR count). The van der Waals surface area contributed by atoms with Crippen molar-refractivity contribution in [1.82, 2.24) is 9.88 Å². The summed E-state index contributed by atoms with van der Waals surface area (Å²) in [5.41, 5.74) is 1.88. The SMILES string of the molecule is CCOc1ccc(-c2nc(CN3CCC[C@H](C(=O)c4cccs4)C3)c(C)o2)cc1. The molecular formula is C23H26N2O3S. The zero-order valence-corrected chi connectivity index (χ0v) is 17.7. The lowest BCUT2D eigenvalue weighted by Crippen LogP contribution is -2.38. The summed E-state index contributed by atoms with van der Waals surface area (Å²) in [5, 5.41) is 1.97. The maximum absolute atomic E-state index is 12.7. The maximum atomic E-state index is 12.7. The molecule has 2 aromatic heterocycles. The van der Waals surface area contributed by atoms with Gasteiger partial charge in [-0.05, 0) is 68.9 Å². The molecule has 0 amide bonds. The van der Waals surface area contributed by atoms with Crippen LogP contribution in [0.1, 0.15) is 40.9 Å². The van der Waals surface area contributed by atoms with Gasteiger partial charge in [0, 0.05) is 24.6 Å². The predicted octanol–water partition coefficient (Wildman–Crippen LogP) is 5.21. The summed E-state index contributed by atoms with van der Waals surface area (Å²) in [7, 11) is 0. The number of oxazole rings is 1. The minimum atomic E-state index is 0.0696. The highest BCUT2D eigenvalue weighted by molar-refractivity contribution is 7.12. The summed E-state index contributed by atoms with van der Waals surface area (Å²) < 4.78 is 11.4. The van der Waals surface area contributed by atoms with Crippen molar-refractivity contribution in [1.29, 1.82) is 0 Å². The van der Waals surface area contributed by atoms with Gasteiger partial charge in [0.15, 0.2) is 5.78 Å². The summed E-state index contributed by atoms with van der Waals surface area (Å²) in [5.74, 6) is 2.65. The fourth-order valence-corrected chi connectivity index (χ4v) is 4.55. The molecule has 0 radical (unpaired) electrons. The number of nitrogens with zero attached hydrogens (tertiary/aromatic N) is 2. The fourth-order valence-electron chi connectivity index (χ4n) is 3.80. The Kier molecular flexibility index (Phi) is 6.11. The van der Waals surface area contributed by atoms with Crippen LogP contribution in [0.3, 0.4) is 0 Å². The molecule has 1 aliphatic heterocycles. The Morgan fingerprint density at radius 3 is 2.86 bits per heavy atom. The Morgan fingerprint density at radius 2 is 2.14 bits per heavy atom. The third-order valence-electron chi connectivity index (χ3n) is 5.32. The zero-order valence-electron chi connectivity index (χ0n) is 16.9. The van der Waals surface area contributed by atoms with E-state index in [1.807, 2.05) is 55.6 Å². The number of hydrogen-bond donors (Lipinski definition) is 0. The number of rotatable bonds is 7. The number of benzene rings is 1. The number of Topliss-reactive ketones (excluding diaryl/α,β-unsaturated/α-hetero) is 1. The highest BCUT2D eigenvalue weighted by Crippen LogP contribution is 2.27. The van der Waals surface area contributed by atoms with Crippen molar-refractivity contribution in [2.24, 2.45) is 5.92 Å². The van der Waals surface area contributed by atoms with E-state index in [1.54, 1.807) is 0 Å². The van der Waals surface area contributed by atoms with Crippen LogP contribution in [0.4, 0.5) is 0 Å². The molecule has 1 saturated heterocycles. The van der Waals surface area contributed by atoms with E-state index in [-0.39, 0.29) is 11.7 Å². The molecule has 0 saturated carbocycles. The number of hydrogen-bond acceptors (Lipinski definition) is 6. The average molecular weight is 411 g/mol. The lowest BCUT2D eigenvalue weighted by molar-refractivity contribution is 0.0814. The van der Waals surface area contributed by atoms with E-state index in [9.17, 15) is 4.79 Å². The molecule has 1 atom stereocenters. The van der Waals surface area contributed by atoms with Crippen molar-refractivity contribution in [3.05, 3.63) is 58.1 Å². The molecule has 152 valence electrons. The second kappa shape index (κ2) is 8.93. The van der Waals surface area contributed by atoms with Gasteiger partial charge < -0.3 is 9.15 Å². The first-order chi connectivity index (χ1) is 14.1. The van der Waals surface area contributed by atoms with Crippen LogP contribution >= 0.6 is 11.3 Å². The summed E-state index contributed by atoms with van der Waals surface area (Å²) in [6, 6.07) is 11.7. The number of ketones is 1. The van der Waals surface area contributed by atoms with Crippen LogP contribution < -0.4 is 4.74 Å². The maximum Gasteiger partial charge on any atom is 0.226 e. The smallest absolute Gasteiger partial charge is 0.226 e. The predicted molar refractivity (Wildman–Crippen MR) is 114 cm³/mol. The normalized spacial score (nSPS) is 17.4. The number of thiophene rings is 1. The number of aromatic nitrogens is 1. The standard InChI is InChI=1S/C23H26N2O3S/c1-3-27-19-10-8-17(9-11-19)23-24-20(16(2)28-23)15-25-12-4-6-18(14-25)22(26)21-7-5-13-29-21/h5,7-11,13,18H,3-4,6,12,14-15H2,1-2H3/t18-/m0/s1. The number of aryl methyl sites for hydroxylation is 1. The molecule has 0 spiro atoms. The van der Waals surface area contributed by atoms with E-state index < -0.39 is 0 Å². The minimum Gasteiger partial charge on any atom is -0.494 e. The lowest BCUT2D eigenvalue weighted by Gasteiger charge is -2.31. The van der Waals surface area contributed by atoms with Crippen molar-refractivity contribution >= 4 is 17.1 Å². The number of ether oxygens (including phenoxy) is 1. The van der Waals surface area contributed by atoms with Crippen molar-refractivity contribution in [3.63, 3.8) is 0 Å². The van der Waals surface area contributed by atoms with Crippen molar-refractivity contribution < 1.29 is 13.9 Å². The van der Waals surface area contributed by atoms with Gasteiger partial charge in [-0.3, -0.25) is 9.69 Å². The number of piperidine rings is 1. The van der Waals surface area contributed by atoms with Crippen LogP contribution in [0.2, 0.25) is 0 Å². The monoisotopic (exact) mass is 410 g/mol. The largest absolute Gasteiger partial charge is 0.494 e. The first-order valence-electron chi connectivity index (χ1n) is 10.1. The Morgan fingerprint density at radius 1 is 1.31 bits per heavy atom. The second-order valence-electron chi connectivity index (χ2n) is 7.40. The van der Waals surface area contributed by atoms with Crippen LogP contribution in [-0.4, -0.2) is 35.4 Å². The van der Waals surface area contributed by atoms with Gasteiger partial charge in [-0.25, -0.2) is 4.98 Å². The van der Waals surface area contributed by atoms with E-state index in [2.05, 4.69) is 4.90 Å². The van der Waals surface area contributed by atoms with Gasteiger partial charge >= 0.3 is 0 Å². The molecule has 0 bridgehead atoms. The van der Waals surface area contributed by atoms with Gasteiger partial charge in [0.05, 0.1) is 17.2 Å². The molecule has 0 N–H and O–H groups in total. The number of carbonyl (C=O) groups is 1. The Bertz CT molecular complexity index is 947. The van der Waals surface area contributed by atoms with Gasteiger partial charge in [-0.1, -0.05) is 6.07 Å². The van der Waals surface area contributed by atoms with Crippen LogP contribution in [0, 0.1) is 12.8 Å². The Balaban J connectivity index is 1.43. The van der Waals surface area contributed by atoms with Crippen molar-refractivity contribution in [2.45, 2.75) is 33.2 Å². The first kappa shape index (κ1) is 19.9. The fraction of sp³-hybridized carbons (Fsp3) is 0.391. The molecule has 3 aromatic rings. The molecule has 3 heterocycles. The number of carbonyl (C=O) groups excluding carboxylic acids is 1. The molecule has 6 heteroatoms. The van der Waals surface area contributed by atoms with Crippen LogP contribution in [0.5, 0.6) is 5.75 Å². The molecule has 1 fully saturated rings. The second-order valence-corrected chi connectivity index (χ2v) is 8.34. The van der Waals surface area contributed by atoms with Gasteiger partial charge in [0.25, 0.3) is 0 Å². The number of likely N-dealkylation sites (tertiary alicyclic amines) is 1.